The minimum absolute atomic E-state index is 0.127. The molecule has 0 unspecified atom stereocenters. The summed E-state index contributed by atoms with van der Waals surface area (Å²) in [7, 11) is -1.70. The van der Waals surface area contributed by atoms with E-state index in [2.05, 4.69) is 4.98 Å². The standard InChI is InChI=1S/C11H10BNO4S/c14-6-8-9(12(15)16)2-1-3-10(8)17-7-11-13-4-5-18-11/h1-6,15-16H,7H2. The molecule has 0 aliphatic rings. The Kier molecular flexibility index (Phi) is 4.09. The number of ether oxygens (including phenoxy) is 1. The highest BCUT2D eigenvalue weighted by Crippen LogP contribution is 2.17. The molecular formula is C11H10BNO4S. The van der Waals surface area contributed by atoms with Gasteiger partial charge >= 0.3 is 7.12 Å². The average Bonchev–Trinajstić information content (AvgIpc) is 2.88. The molecule has 0 radical (unpaired) electrons. The van der Waals surface area contributed by atoms with Gasteiger partial charge in [-0.05, 0) is 11.5 Å². The molecule has 2 rings (SSSR count). The quantitative estimate of drug-likeness (QED) is 0.595. The monoisotopic (exact) mass is 263 g/mol. The highest BCUT2D eigenvalue weighted by atomic mass is 32.1. The number of hydrogen-bond donors (Lipinski definition) is 2. The molecule has 1 aromatic carbocycles. The summed E-state index contributed by atoms with van der Waals surface area (Å²) in [6.07, 6.45) is 2.21. The van der Waals surface area contributed by atoms with Crippen molar-refractivity contribution in [2.24, 2.45) is 0 Å². The van der Waals surface area contributed by atoms with Crippen molar-refractivity contribution in [3.05, 3.63) is 40.3 Å². The Morgan fingerprint density at radius 2 is 2.28 bits per heavy atom. The van der Waals surface area contributed by atoms with Gasteiger partial charge in [0.1, 0.15) is 17.4 Å². The Morgan fingerprint density at radius 3 is 2.89 bits per heavy atom. The van der Waals surface area contributed by atoms with Crippen molar-refractivity contribution >= 4 is 30.2 Å². The Morgan fingerprint density at radius 1 is 1.44 bits per heavy atom. The molecular weight excluding hydrogens is 253 g/mol. The normalized spacial score (nSPS) is 10.1. The van der Waals surface area contributed by atoms with Crippen LogP contribution in [-0.4, -0.2) is 28.4 Å². The second kappa shape index (κ2) is 5.77. The number of hydrogen-bond acceptors (Lipinski definition) is 6. The Labute approximate surface area is 108 Å². The highest BCUT2D eigenvalue weighted by molar-refractivity contribution is 7.09. The van der Waals surface area contributed by atoms with Gasteiger partial charge in [0.15, 0.2) is 6.29 Å². The highest BCUT2D eigenvalue weighted by Gasteiger charge is 2.18. The first-order valence-corrected chi connectivity index (χ1v) is 6.05. The van der Waals surface area contributed by atoms with E-state index in [9.17, 15) is 4.79 Å². The molecule has 0 amide bonds. The summed E-state index contributed by atoms with van der Waals surface area (Å²) in [6, 6.07) is 4.66. The molecule has 0 saturated carbocycles. The number of benzene rings is 1. The van der Waals surface area contributed by atoms with Gasteiger partial charge in [-0.3, -0.25) is 4.79 Å². The molecule has 0 bridgehead atoms. The van der Waals surface area contributed by atoms with Crippen LogP contribution in [-0.2, 0) is 6.61 Å². The number of nitrogens with zero attached hydrogens (tertiary/aromatic N) is 1. The van der Waals surface area contributed by atoms with Crippen molar-refractivity contribution in [1.82, 2.24) is 4.98 Å². The lowest BCUT2D eigenvalue weighted by Gasteiger charge is -2.10. The zero-order chi connectivity index (χ0) is 13.0. The van der Waals surface area contributed by atoms with Gasteiger partial charge in [-0.1, -0.05) is 12.1 Å². The van der Waals surface area contributed by atoms with E-state index < -0.39 is 7.12 Å². The lowest BCUT2D eigenvalue weighted by atomic mass is 9.77. The minimum Gasteiger partial charge on any atom is -0.486 e. The van der Waals surface area contributed by atoms with Gasteiger partial charge < -0.3 is 14.8 Å². The van der Waals surface area contributed by atoms with E-state index in [0.29, 0.717) is 12.0 Å². The van der Waals surface area contributed by atoms with E-state index in [-0.39, 0.29) is 17.6 Å². The van der Waals surface area contributed by atoms with Gasteiger partial charge in [0, 0.05) is 11.6 Å². The first-order valence-electron chi connectivity index (χ1n) is 5.17. The Bertz CT molecular complexity index is 530. The number of aromatic nitrogens is 1. The van der Waals surface area contributed by atoms with Crippen LogP contribution in [0.15, 0.2) is 29.8 Å². The van der Waals surface area contributed by atoms with Crippen LogP contribution in [0, 0.1) is 0 Å². The molecule has 1 heterocycles. The van der Waals surface area contributed by atoms with Crippen molar-refractivity contribution in [2.75, 3.05) is 0 Å². The fourth-order valence-electron chi connectivity index (χ4n) is 1.50. The summed E-state index contributed by atoms with van der Waals surface area (Å²) >= 11 is 1.44. The topological polar surface area (TPSA) is 79.7 Å². The lowest BCUT2D eigenvalue weighted by Crippen LogP contribution is -2.33. The molecule has 0 aliphatic carbocycles. The summed E-state index contributed by atoms with van der Waals surface area (Å²) in [5.74, 6) is 0.311. The second-order valence-electron chi connectivity index (χ2n) is 3.47. The predicted molar refractivity (Wildman–Crippen MR) is 68.1 cm³/mol. The molecule has 0 fully saturated rings. The van der Waals surface area contributed by atoms with Gasteiger partial charge in [-0.15, -0.1) is 11.3 Å². The van der Waals surface area contributed by atoms with Gasteiger partial charge in [-0.2, -0.15) is 0 Å². The van der Waals surface area contributed by atoms with Crippen LogP contribution in [0.5, 0.6) is 5.75 Å². The molecule has 92 valence electrons. The van der Waals surface area contributed by atoms with E-state index in [1.165, 1.54) is 17.4 Å². The van der Waals surface area contributed by atoms with Gasteiger partial charge in [-0.25, -0.2) is 4.98 Å². The zero-order valence-corrected chi connectivity index (χ0v) is 10.1. The second-order valence-corrected chi connectivity index (χ2v) is 4.44. The molecule has 0 spiro atoms. The Hall–Kier alpha value is -1.70. The number of thiazole rings is 1. The van der Waals surface area contributed by atoms with Crippen LogP contribution in [0.1, 0.15) is 15.4 Å². The fourth-order valence-corrected chi connectivity index (χ4v) is 2.03. The molecule has 7 heteroatoms. The van der Waals surface area contributed by atoms with Gasteiger partial charge in [0.05, 0.1) is 5.56 Å². The van der Waals surface area contributed by atoms with Crippen LogP contribution in [0.4, 0.5) is 0 Å². The molecule has 0 aliphatic heterocycles. The van der Waals surface area contributed by atoms with Crippen LogP contribution < -0.4 is 10.2 Å². The van der Waals surface area contributed by atoms with Crippen molar-refractivity contribution < 1.29 is 19.6 Å². The maximum atomic E-state index is 11.0. The molecule has 0 atom stereocenters. The third-order valence-electron chi connectivity index (χ3n) is 2.33. The predicted octanol–water partition coefficient (Wildman–Crippen LogP) is 0.214. The number of carbonyl (C=O) groups excluding carboxylic acids is 1. The number of rotatable bonds is 5. The van der Waals surface area contributed by atoms with Crippen LogP contribution in [0.25, 0.3) is 0 Å². The first-order chi connectivity index (χ1) is 8.72. The van der Waals surface area contributed by atoms with Gasteiger partial charge in [0.25, 0.3) is 0 Å². The SMILES string of the molecule is O=Cc1c(OCc2nccs2)cccc1B(O)O. The van der Waals surface area contributed by atoms with Crippen molar-refractivity contribution in [3.63, 3.8) is 0 Å². The number of carbonyl (C=O) groups is 1. The molecule has 0 saturated heterocycles. The van der Waals surface area contributed by atoms with Gasteiger partial charge in [0.2, 0.25) is 0 Å². The third kappa shape index (κ3) is 2.76. The molecule has 2 N–H and O–H groups in total. The summed E-state index contributed by atoms with van der Waals surface area (Å²) in [5, 5.41) is 20.9. The zero-order valence-electron chi connectivity index (χ0n) is 9.31. The van der Waals surface area contributed by atoms with Crippen molar-refractivity contribution in [1.29, 1.82) is 0 Å². The third-order valence-corrected chi connectivity index (χ3v) is 3.08. The number of aldehydes is 1. The summed E-state index contributed by atoms with van der Waals surface area (Å²) in [5.41, 5.74) is 0.269. The molecule has 2 aromatic rings. The average molecular weight is 263 g/mol. The fraction of sp³-hybridized carbons (Fsp3) is 0.0909. The molecule has 18 heavy (non-hydrogen) atoms. The van der Waals surface area contributed by atoms with E-state index in [4.69, 9.17) is 14.8 Å². The minimum atomic E-state index is -1.70. The van der Waals surface area contributed by atoms with E-state index in [0.717, 1.165) is 5.01 Å². The maximum absolute atomic E-state index is 11.0. The molecule has 5 nitrogen and oxygen atoms in total. The van der Waals surface area contributed by atoms with Crippen molar-refractivity contribution in [3.8, 4) is 5.75 Å². The maximum Gasteiger partial charge on any atom is 0.489 e. The summed E-state index contributed by atoms with van der Waals surface area (Å²) in [4.78, 5) is 15.0. The first kappa shape index (κ1) is 12.8. The summed E-state index contributed by atoms with van der Waals surface area (Å²) in [6.45, 7) is 0.240. The van der Waals surface area contributed by atoms with Crippen LogP contribution >= 0.6 is 11.3 Å². The Balaban J connectivity index is 2.22. The van der Waals surface area contributed by atoms with E-state index in [1.807, 2.05) is 5.38 Å². The van der Waals surface area contributed by atoms with Crippen molar-refractivity contribution in [2.45, 2.75) is 6.61 Å². The lowest BCUT2D eigenvalue weighted by molar-refractivity contribution is 0.111. The summed E-state index contributed by atoms with van der Waals surface area (Å²) < 4.78 is 5.46. The van der Waals surface area contributed by atoms with Crippen LogP contribution in [0.2, 0.25) is 0 Å². The van der Waals surface area contributed by atoms with E-state index in [1.54, 1.807) is 18.3 Å². The molecule has 1 aromatic heterocycles. The van der Waals surface area contributed by atoms with Crippen LogP contribution in [0.3, 0.4) is 0 Å². The largest absolute Gasteiger partial charge is 0.489 e. The smallest absolute Gasteiger partial charge is 0.486 e. The van der Waals surface area contributed by atoms with E-state index >= 15 is 0 Å².